The minimum atomic E-state index is -0.620. The Balaban J connectivity index is 1.83. The van der Waals surface area contributed by atoms with Crippen LogP contribution in [0.3, 0.4) is 0 Å². The predicted octanol–water partition coefficient (Wildman–Crippen LogP) is 3.53. The van der Waals surface area contributed by atoms with Gasteiger partial charge >= 0.3 is 5.97 Å². The molecule has 1 heterocycles. The molecule has 1 amide bonds. The van der Waals surface area contributed by atoms with Crippen LogP contribution in [0.4, 0.5) is 5.69 Å². The second-order valence-electron chi connectivity index (χ2n) is 6.46. The summed E-state index contributed by atoms with van der Waals surface area (Å²) in [4.78, 5) is 26.7. The van der Waals surface area contributed by atoms with Crippen molar-refractivity contribution in [2.24, 2.45) is 0 Å². The molecule has 0 saturated carbocycles. The van der Waals surface area contributed by atoms with Crippen LogP contribution < -0.4 is 9.64 Å². The Morgan fingerprint density at radius 2 is 1.85 bits per heavy atom. The average Bonchev–Trinajstić information content (AvgIpc) is 2.67. The van der Waals surface area contributed by atoms with Gasteiger partial charge in [0.15, 0.2) is 6.10 Å². The van der Waals surface area contributed by atoms with E-state index in [4.69, 9.17) is 9.47 Å². The van der Waals surface area contributed by atoms with Crippen molar-refractivity contribution in [1.82, 2.24) is 0 Å². The van der Waals surface area contributed by atoms with E-state index in [9.17, 15) is 9.59 Å². The largest absolute Gasteiger partial charge is 0.481 e. The first-order valence-corrected chi connectivity index (χ1v) is 8.76. The molecule has 0 saturated heterocycles. The van der Waals surface area contributed by atoms with Crippen molar-refractivity contribution < 1.29 is 19.1 Å². The van der Waals surface area contributed by atoms with E-state index in [-0.39, 0.29) is 11.9 Å². The Morgan fingerprint density at radius 3 is 2.54 bits per heavy atom. The number of anilines is 1. The van der Waals surface area contributed by atoms with Gasteiger partial charge in [0.05, 0.1) is 12.7 Å². The first-order valence-electron chi connectivity index (χ1n) is 8.76. The number of nitrogens with zero attached hydrogens (tertiary/aromatic N) is 1. The Kier molecular flexibility index (Phi) is 5.26. The number of esters is 1. The second-order valence-corrected chi connectivity index (χ2v) is 6.46. The summed E-state index contributed by atoms with van der Waals surface area (Å²) < 4.78 is 10.7. The number of benzene rings is 2. The summed E-state index contributed by atoms with van der Waals surface area (Å²) >= 11 is 0. The van der Waals surface area contributed by atoms with Crippen molar-refractivity contribution in [3.05, 3.63) is 59.2 Å². The third kappa shape index (κ3) is 3.57. The van der Waals surface area contributed by atoms with E-state index in [0.717, 1.165) is 29.7 Å². The van der Waals surface area contributed by atoms with Crippen LogP contribution in [0.2, 0.25) is 0 Å². The summed E-state index contributed by atoms with van der Waals surface area (Å²) in [6, 6.07) is 13.0. The molecule has 0 radical (unpaired) electrons. The van der Waals surface area contributed by atoms with Crippen LogP contribution in [0, 0.1) is 6.92 Å². The van der Waals surface area contributed by atoms with Crippen molar-refractivity contribution in [3.63, 3.8) is 0 Å². The lowest BCUT2D eigenvalue weighted by molar-refractivity contribution is -0.124. The molecule has 0 aliphatic carbocycles. The van der Waals surface area contributed by atoms with Gasteiger partial charge in [0.25, 0.3) is 5.91 Å². The monoisotopic (exact) mass is 353 g/mol. The highest BCUT2D eigenvalue weighted by molar-refractivity contribution is 6.00. The van der Waals surface area contributed by atoms with Gasteiger partial charge in [-0.3, -0.25) is 4.79 Å². The summed E-state index contributed by atoms with van der Waals surface area (Å²) in [5.41, 5.74) is 3.29. The van der Waals surface area contributed by atoms with Crippen molar-refractivity contribution >= 4 is 17.6 Å². The fourth-order valence-electron chi connectivity index (χ4n) is 3.25. The number of aryl methyl sites for hydroxylation is 1. The average molecular weight is 353 g/mol. The van der Waals surface area contributed by atoms with Crippen LogP contribution in [-0.2, 0) is 16.0 Å². The number of fused-ring (bicyclic) bond motifs is 1. The molecule has 3 rings (SSSR count). The van der Waals surface area contributed by atoms with Crippen LogP contribution in [0.1, 0.15) is 34.8 Å². The highest BCUT2D eigenvalue weighted by Gasteiger charge is 2.29. The van der Waals surface area contributed by atoms with Crippen molar-refractivity contribution in [2.75, 3.05) is 18.6 Å². The number of hydrogen-bond acceptors (Lipinski definition) is 4. The predicted molar refractivity (Wildman–Crippen MR) is 99.7 cm³/mol. The van der Waals surface area contributed by atoms with Gasteiger partial charge in [-0.15, -0.1) is 0 Å². The molecule has 1 aliphatic rings. The number of carbonyl (C=O) groups excluding carboxylic acids is 2. The molecule has 1 unspecified atom stereocenters. The normalized spacial score (nSPS) is 14.3. The molecule has 2 aromatic carbocycles. The SMILES string of the molecule is COC(=O)c1cccc2c1CCCN2C(=O)C(C)Oc1ccc(C)cc1. The lowest BCUT2D eigenvalue weighted by Crippen LogP contribution is -2.43. The van der Waals surface area contributed by atoms with Crippen LogP contribution in [0.15, 0.2) is 42.5 Å². The molecule has 0 fully saturated rings. The van der Waals surface area contributed by atoms with E-state index in [1.165, 1.54) is 7.11 Å². The number of rotatable bonds is 4. The summed E-state index contributed by atoms with van der Waals surface area (Å²) in [5.74, 6) is 0.172. The Hall–Kier alpha value is -2.82. The van der Waals surface area contributed by atoms with Gasteiger partial charge in [-0.2, -0.15) is 0 Å². The van der Waals surface area contributed by atoms with Gasteiger partial charge in [-0.25, -0.2) is 4.79 Å². The maximum Gasteiger partial charge on any atom is 0.338 e. The standard InChI is InChI=1S/C21H23NO4/c1-14-9-11-16(12-10-14)26-15(2)20(23)22-13-5-7-17-18(21(24)25-3)6-4-8-19(17)22/h4,6,8-12,15H,5,7,13H2,1-3H3. The Morgan fingerprint density at radius 1 is 1.12 bits per heavy atom. The van der Waals surface area contributed by atoms with Crippen molar-refractivity contribution in [1.29, 1.82) is 0 Å². The van der Waals surface area contributed by atoms with E-state index in [2.05, 4.69) is 0 Å². The molecular weight excluding hydrogens is 330 g/mol. The van der Waals surface area contributed by atoms with E-state index in [1.807, 2.05) is 37.3 Å². The second kappa shape index (κ2) is 7.60. The molecule has 0 bridgehead atoms. The molecule has 26 heavy (non-hydrogen) atoms. The smallest absolute Gasteiger partial charge is 0.338 e. The summed E-state index contributed by atoms with van der Waals surface area (Å²) in [5, 5.41) is 0. The number of carbonyl (C=O) groups is 2. The van der Waals surface area contributed by atoms with Crippen molar-refractivity contribution in [2.45, 2.75) is 32.8 Å². The summed E-state index contributed by atoms with van der Waals surface area (Å²) in [6.45, 7) is 4.36. The van der Waals surface area contributed by atoms with Crippen molar-refractivity contribution in [3.8, 4) is 5.75 Å². The third-order valence-corrected chi connectivity index (χ3v) is 4.60. The van der Waals surface area contributed by atoms with Crippen LogP contribution in [0.5, 0.6) is 5.75 Å². The number of hydrogen-bond donors (Lipinski definition) is 0. The highest BCUT2D eigenvalue weighted by atomic mass is 16.5. The quantitative estimate of drug-likeness (QED) is 0.789. The molecule has 1 atom stereocenters. The van der Waals surface area contributed by atoms with Gasteiger partial charge in [0.1, 0.15) is 5.75 Å². The molecular formula is C21H23NO4. The van der Waals surface area contributed by atoms with Crippen LogP contribution in [0.25, 0.3) is 0 Å². The Bertz CT molecular complexity index is 813. The maximum atomic E-state index is 13.0. The lowest BCUT2D eigenvalue weighted by atomic mass is 9.96. The van der Waals surface area contributed by atoms with Gasteiger partial charge in [-0.05, 0) is 56.5 Å². The van der Waals surface area contributed by atoms with Gasteiger partial charge in [-0.1, -0.05) is 23.8 Å². The number of methoxy groups -OCH3 is 1. The van der Waals surface area contributed by atoms with E-state index < -0.39 is 6.10 Å². The first-order chi connectivity index (χ1) is 12.5. The van der Waals surface area contributed by atoms with Gasteiger partial charge in [0.2, 0.25) is 0 Å². The van der Waals surface area contributed by atoms with E-state index in [1.54, 1.807) is 24.0 Å². The zero-order valence-corrected chi connectivity index (χ0v) is 15.3. The zero-order valence-electron chi connectivity index (χ0n) is 15.3. The number of amides is 1. The van der Waals surface area contributed by atoms with E-state index >= 15 is 0 Å². The zero-order chi connectivity index (χ0) is 18.7. The van der Waals surface area contributed by atoms with Gasteiger partial charge < -0.3 is 14.4 Å². The first kappa shape index (κ1) is 18.0. The fourth-order valence-corrected chi connectivity index (χ4v) is 3.25. The summed E-state index contributed by atoms with van der Waals surface area (Å²) in [7, 11) is 1.37. The minimum absolute atomic E-state index is 0.117. The van der Waals surface area contributed by atoms with Crippen LogP contribution >= 0.6 is 0 Å². The molecule has 2 aromatic rings. The lowest BCUT2D eigenvalue weighted by Gasteiger charge is -2.32. The summed E-state index contributed by atoms with van der Waals surface area (Å²) in [6.07, 6.45) is 0.923. The number of ether oxygens (including phenoxy) is 2. The fraction of sp³-hybridized carbons (Fsp3) is 0.333. The molecule has 136 valence electrons. The van der Waals surface area contributed by atoms with Gasteiger partial charge in [0, 0.05) is 12.2 Å². The topological polar surface area (TPSA) is 55.8 Å². The highest BCUT2D eigenvalue weighted by Crippen LogP contribution is 2.31. The third-order valence-electron chi connectivity index (χ3n) is 4.60. The van der Waals surface area contributed by atoms with Crippen LogP contribution in [-0.4, -0.2) is 31.6 Å². The molecule has 0 aromatic heterocycles. The minimum Gasteiger partial charge on any atom is -0.481 e. The molecule has 0 N–H and O–H groups in total. The molecule has 5 heteroatoms. The molecule has 1 aliphatic heterocycles. The van der Waals surface area contributed by atoms with E-state index in [0.29, 0.717) is 17.9 Å². The molecule has 0 spiro atoms. The maximum absolute atomic E-state index is 13.0. The molecule has 5 nitrogen and oxygen atoms in total. The Labute approximate surface area is 153 Å².